The van der Waals surface area contributed by atoms with E-state index < -0.39 is 0 Å². The number of hydrogen-bond acceptors (Lipinski definition) is 2. The van der Waals surface area contributed by atoms with Crippen molar-refractivity contribution in [2.45, 2.75) is 32.1 Å². The van der Waals surface area contributed by atoms with E-state index in [0.717, 1.165) is 10.3 Å². The normalized spacial score (nSPS) is 14.7. The zero-order valence-electron chi connectivity index (χ0n) is 8.51. The fourth-order valence-electron chi connectivity index (χ4n) is 1.84. The molecule has 1 aliphatic rings. The number of thiophene rings is 1. The Morgan fingerprint density at radius 3 is 3.00 bits per heavy atom. The fourth-order valence-corrected chi connectivity index (χ4v) is 3.37. The lowest BCUT2D eigenvalue weighted by Gasteiger charge is -2.08. The zero-order valence-corrected chi connectivity index (χ0v) is 10.9. The Hall–Kier alpha value is -0.350. The van der Waals surface area contributed by atoms with Gasteiger partial charge in [-0.1, -0.05) is 15.9 Å². The summed E-state index contributed by atoms with van der Waals surface area (Å²) in [6.45, 7) is 0. The summed E-state index contributed by atoms with van der Waals surface area (Å²) in [6, 6.07) is 2.14. The van der Waals surface area contributed by atoms with E-state index in [4.69, 9.17) is 0 Å². The minimum absolute atomic E-state index is 0.102. The number of rotatable bonds is 3. The molecule has 15 heavy (non-hydrogen) atoms. The predicted molar refractivity (Wildman–Crippen MR) is 68.0 cm³/mol. The van der Waals surface area contributed by atoms with E-state index in [1.54, 1.807) is 11.3 Å². The maximum absolute atomic E-state index is 11.4. The van der Waals surface area contributed by atoms with Crippen LogP contribution in [0.1, 0.15) is 29.7 Å². The highest BCUT2D eigenvalue weighted by Crippen LogP contribution is 2.32. The van der Waals surface area contributed by atoms with Gasteiger partial charge < -0.3 is 5.32 Å². The molecule has 0 aromatic carbocycles. The average molecular weight is 288 g/mol. The van der Waals surface area contributed by atoms with Gasteiger partial charge in [0.2, 0.25) is 5.91 Å². The maximum Gasteiger partial charge on any atom is 0.225 e. The molecule has 0 spiro atoms. The summed E-state index contributed by atoms with van der Waals surface area (Å²) in [4.78, 5) is 12.9. The Morgan fingerprint density at radius 1 is 1.47 bits per heavy atom. The lowest BCUT2D eigenvalue weighted by atomic mass is 10.00. The summed E-state index contributed by atoms with van der Waals surface area (Å²) < 4.78 is 0. The van der Waals surface area contributed by atoms with Crippen molar-refractivity contribution in [2.75, 3.05) is 10.6 Å². The van der Waals surface area contributed by atoms with Crippen molar-refractivity contribution in [1.29, 1.82) is 0 Å². The predicted octanol–water partition coefficient (Wildman–Crippen LogP) is 3.35. The minimum Gasteiger partial charge on any atom is -0.318 e. The molecular formula is C11H14BrNOS. The highest BCUT2D eigenvalue weighted by atomic mass is 79.9. The first-order chi connectivity index (χ1) is 7.29. The summed E-state index contributed by atoms with van der Waals surface area (Å²) >= 11 is 5.01. The Bertz CT molecular complexity index is 338. The van der Waals surface area contributed by atoms with Crippen LogP contribution in [-0.4, -0.2) is 11.2 Å². The van der Waals surface area contributed by atoms with E-state index in [1.807, 2.05) is 0 Å². The minimum atomic E-state index is 0.102. The molecule has 4 heteroatoms. The molecule has 1 aromatic rings. The molecular weight excluding hydrogens is 274 g/mol. The van der Waals surface area contributed by atoms with E-state index in [9.17, 15) is 4.79 Å². The van der Waals surface area contributed by atoms with E-state index in [0.29, 0.717) is 6.42 Å². The van der Waals surface area contributed by atoms with Gasteiger partial charge in [-0.15, -0.1) is 11.3 Å². The number of halogens is 1. The molecule has 1 amide bonds. The molecule has 1 aliphatic carbocycles. The van der Waals surface area contributed by atoms with Gasteiger partial charge in [0, 0.05) is 16.6 Å². The van der Waals surface area contributed by atoms with Crippen LogP contribution in [0.4, 0.5) is 5.00 Å². The highest BCUT2D eigenvalue weighted by Gasteiger charge is 2.14. The Balaban J connectivity index is 2.03. The summed E-state index contributed by atoms with van der Waals surface area (Å²) in [5, 5.41) is 4.70. The molecule has 0 saturated heterocycles. The number of carbonyl (C=O) groups excluding carboxylic acids is 1. The van der Waals surface area contributed by atoms with E-state index >= 15 is 0 Å². The molecule has 1 heterocycles. The van der Waals surface area contributed by atoms with Crippen LogP contribution >= 0.6 is 27.3 Å². The third kappa shape index (κ3) is 2.82. The molecule has 0 fully saturated rings. The number of hydrogen-bond donors (Lipinski definition) is 1. The maximum atomic E-state index is 11.4. The molecule has 82 valence electrons. The molecule has 0 bridgehead atoms. The summed E-state index contributed by atoms with van der Waals surface area (Å²) in [5.74, 6) is 0.102. The topological polar surface area (TPSA) is 29.1 Å². The molecule has 2 rings (SSSR count). The lowest BCUT2D eigenvalue weighted by Crippen LogP contribution is -2.10. The van der Waals surface area contributed by atoms with Crippen molar-refractivity contribution in [2.24, 2.45) is 0 Å². The number of carbonyl (C=O) groups is 1. The number of fused-ring (bicyclic) bond motifs is 1. The van der Waals surface area contributed by atoms with E-state index in [2.05, 4.69) is 27.3 Å². The molecule has 0 radical (unpaired) electrons. The van der Waals surface area contributed by atoms with Gasteiger partial charge in [-0.05, 0) is 37.3 Å². The second kappa shape index (κ2) is 5.12. The first kappa shape index (κ1) is 11.1. The highest BCUT2D eigenvalue weighted by molar-refractivity contribution is 9.09. The third-order valence-corrected chi connectivity index (χ3v) is 4.13. The third-order valence-electron chi connectivity index (χ3n) is 2.58. The molecule has 2 nitrogen and oxygen atoms in total. The van der Waals surface area contributed by atoms with Gasteiger partial charge in [-0.25, -0.2) is 0 Å². The van der Waals surface area contributed by atoms with Crippen LogP contribution in [0.5, 0.6) is 0 Å². The van der Waals surface area contributed by atoms with Crippen molar-refractivity contribution in [3.63, 3.8) is 0 Å². The first-order valence-electron chi connectivity index (χ1n) is 5.27. The van der Waals surface area contributed by atoms with Crippen molar-refractivity contribution in [3.05, 3.63) is 16.5 Å². The molecule has 0 aliphatic heterocycles. The largest absolute Gasteiger partial charge is 0.318 e. The van der Waals surface area contributed by atoms with Crippen molar-refractivity contribution in [1.82, 2.24) is 0 Å². The van der Waals surface area contributed by atoms with Crippen LogP contribution in [0, 0.1) is 0 Å². The van der Waals surface area contributed by atoms with Crippen molar-refractivity contribution < 1.29 is 4.79 Å². The molecule has 1 aromatic heterocycles. The van der Waals surface area contributed by atoms with Gasteiger partial charge in [0.05, 0.1) is 5.00 Å². The molecule has 0 atom stereocenters. The number of anilines is 1. The second-order valence-electron chi connectivity index (χ2n) is 3.75. The van der Waals surface area contributed by atoms with E-state index in [-0.39, 0.29) is 5.91 Å². The number of aryl methyl sites for hydroxylation is 2. The Morgan fingerprint density at radius 2 is 2.27 bits per heavy atom. The van der Waals surface area contributed by atoms with Crippen molar-refractivity contribution in [3.8, 4) is 0 Å². The van der Waals surface area contributed by atoms with Gasteiger partial charge in [0.25, 0.3) is 0 Å². The van der Waals surface area contributed by atoms with Gasteiger partial charge in [0.1, 0.15) is 0 Å². The number of amides is 1. The van der Waals surface area contributed by atoms with E-state index in [1.165, 1.54) is 36.1 Å². The molecule has 0 unspecified atom stereocenters. The van der Waals surface area contributed by atoms with Crippen LogP contribution < -0.4 is 5.32 Å². The van der Waals surface area contributed by atoms with Crippen LogP contribution in [0.2, 0.25) is 0 Å². The summed E-state index contributed by atoms with van der Waals surface area (Å²) in [5.41, 5.74) is 1.44. The standard InChI is InChI=1S/C11H14BrNOS/c12-6-5-10(14)13-11-7-8-3-1-2-4-9(8)15-11/h7H,1-6H2,(H,13,14). The molecule has 0 saturated carbocycles. The van der Waals surface area contributed by atoms with Gasteiger partial charge in [-0.2, -0.15) is 0 Å². The number of alkyl halides is 1. The SMILES string of the molecule is O=C(CCBr)Nc1cc2c(s1)CCCC2. The van der Waals surface area contributed by atoms with Crippen LogP contribution in [0.3, 0.4) is 0 Å². The second-order valence-corrected chi connectivity index (χ2v) is 5.68. The van der Waals surface area contributed by atoms with Crippen LogP contribution in [-0.2, 0) is 17.6 Å². The number of nitrogens with one attached hydrogen (secondary N) is 1. The summed E-state index contributed by atoms with van der Waals surface area (Å²) in [6.07, 6.45) is 5.50. The van der Waals surface area contributed by atoms with Crippen molar-refractivity contribution >= 4 is 38.2 Å². The summed E-state index contributed by atoms with van der Waals surface area (Å²) in [7, 11) is 0. The quantitative estimate of drug-likeness (QED) is 0.849. The Kier molecular flexibility index (Phi) is 3.81. The van der Waals surface area contributed by atoms with Crippen LogP contribution in [0.25, 0.3) is 0 Å². The monoisotopic (exact) mass is 287 g/mol. The smallest absolute Gasteiger partial charge is 0.225 e. The fraction of sp³-hybridized carbons (Fsp3) is 0.545. The Labute approximate surface area is 102 Å². The lowest BCUT2D eigenvalue weighted by molar-refractivity contribution is -0.115. The first-order valence-corrected chi connectivity index (χ1v) is 7.21. The van der Waals surface area contributed by atoms with Gasteiger partial charge in [-0.3, -0.25) is 4.79 Å². The van der Waals surface area contributed by atoms with Crippen LogP contribution in [0.15, 0.2) is 6.07 Å². The average Bonchev–Trinajstić information content (AvgIpc) is 2.59. The molecule has 1 N–H and O–H groups in total. The zero-order chi connectivity index (χ0) is 10.7. The van der Waals surface area contributed by atoms with Gasteiger partial charge >= 0.3 is 0 Å². The van der Waals surface area contributed by atoms with Gasteiger partial charge in [0.15, 0.2) is 0 Å².